The lowest BCUT2D eigenvalue weighted by molar-refractivity contribution is -0.121. The van der Waals surface area contributed by atoms with Crippen LogP contribution in [0, 0.1) is 5.82 Å². The Morgan fingerprint density at radius 1 is 1.44 bits per heavy atom. The molecule has 1 aromatic carbocycles. The number of nitrogens with one attached hydrogen (secondary N) is 2. The van der Waals surface area contributed by atoms with Crippen molar-refractivity contribution in [2.24, 2.45) is 0 Å². The van der Waals surface area contributed by atoms with E-state index in [1.807, 2.05) is 0 Å². The summed E-state index contributed by atoms with van der Waals surface area (Å²) in [6.07, 6.45) is 0. The van der Waals surface area contributed by atoms with E-state index in [4.69, 9.17) is 11.6 Å². The molecule has 0 saturated heterocycles. The SMILES string of the molecule is CNC(C)(C)C(=O)Nc1cc(F)ccc1Cl. The van der Waals surface area contributed by atoms with Gasteiger partial charge in [0, 0.05) is 0 Å². The highest BCUT2D eigenvalue weighted by Gasteiger charge is 2.25. The van der Waals surface area contributed by atoms with Gasteiger partial charge in [0.2, 0.25) is 5.91 Å². The first kappa shape index (κ1) is 12.9. The molecule has 0 heterocycles. The van der Waals surface area contributed by atoms with Crippen molar-refractivity contribution in [3.05, 3.63) is 29.0 Å². The molecule has 0 atom stereocenters. The maximum absolute atomic E-state index is 13.0. The topological polar surface area (TPSA) is 41.1 Å². The number of halogens is 2. The van der Waals surface area contributed by atoms with E-state index in [0.717, 1.165) is 0 Å². The average Bonchev–Trinajstić information content (AvgIpc) is 2.23. The second-order valence-electron chi connectivity index (χ2n) is 3.95. The summed E-state index contributed by atoms with van der Waals surface area (Å²) in [6.45, 7) is 3.44. The molecule has 0 unspecified atom stereocenters. The molecule has 3 nitrogen and oxygen atoms in total. The van der Waals surface area contributed by atoms with Gasteiger partial charge in [0.05, 0.1) is 16.2 Å². The van der Waals surface area contributed by atoms with Crippen LogP contribution in [0.25, 0.3) is 0 Å². The molecule has 0 bridgehead atoms. The second kappa shape index (κ2) is 4.80. The summed E-state index contributed by atoms with van der Waals surface area (Å²) in [5, 5.41) is 5.72. The molecule has 0 radical (unpaired) electrons. The maximum Gasteiger partial charge on any atom is 0.244 e. The molecule has 0 aliphatic heterocycles. The molecular formula is C11H14ClFN2O. The van der Waals surface area contributed by atoms with Gasteiger partial charge < -0.3 is 10.6 Å². The number of carbonyl (C=O) groups excluding carboxylic acids is 1. The molecule has 1 rings (SSSR count). The molecular weight excluding hydrogens is 231 g/mol. The van der Waals surface area contributed by atoms with Gasteiger partial charge in [-0.2, -0.15) is 0 Å². The van der Waals surface area contributed by atoms with Gasteiger partial charge in [-0.05, 0) is 39.1 Å². The standard InChI is InChI=1S/C11H14ClFN2O/c1-11(2,14-3)10(16)15-9-6-7(13)4-5-8(9)12/h4-6,14H,1-3H3,(H,15,16). The number of likely N-dealkylation sites (N-methyl/N-ethyl adjacent to an activating group) is 1. The summed E-state index contributed by atoms with van der Waals surface area (Å²) in [6, 6.07) is 3.83. The highest BCUT2D eigenvalue weighted by Crippen LogP contribution is 2.23. The molecule has 0 aliphatic rings. The smallest absolute Gasteiger partial charge is 0.244 e. The van der Waals surface area contributed by atoms with Crippen molar-refractivity contribution in [2.75, 3.05) is 12.4 Å². The van der Waals surface area contributed by atoms with E-state index in [1.165, 1.54) is 18.2 Å². The molecule has 88 valence electrons. The third-order valence-electron chi connectivity index (χ3n) is 2.37. The van der Waals surface area contributed by atoms with Crippen LogP contribution in [-0.4, -0.2) is 18.5 Å². The van der Waals surface area contributed by atoms with Gasteiger partial charge in [-0.25, -0.2) is 4.39 Å². The Morgan fingerprint density at radius 3 is 2.62 bits per heavy atom. The highest BCUT2D eigenvalue weighted by molar-refractivity contribution is 6.33. The van der Waals surface area contributed by atoms with Gasteiger partial charge in [0.25, 0.3) is 0 Å². The molecule has 16 heavy (non-hydrogen) atoms. The normalized spacial score (nSPS) is 11.3. The van der Waals surface area contributed by atoms with Gasteiger partial charge in [0.15, 0.2) is 0 Å². The van der Waals surface area contributed by atoms with Crippen LogP contribution in [0.5, 0.6) is 0 Å². The maximum atomic E-state index is 13.0. The van der Waals surface area contributed by atoms with Gasteiger partial charge in [-0.1, -0.05) is 11.6 Å². The van der Waals surface area contributed by atoms with Crippen molar-refractivity contribution in [2.45, 2.75) is 19.4 Å². The van der Waals surface area contributed by atoms with Crippen LogP contribution >= 0.6 is 11.6 Å². The lowest BCUT2D eigenvalue weighted by Crippen LogP contribution is -2.47. The molecule has 1 amide bonds. The lowest BCUT2D eigenvalue weighted by atomic mass is 10.1. The number of rotatable bonds is 3. The number of carbonyl (C=O) groups is 1. The third-order valence-corrected chi connectivity index (χ3v) is 2.70. The van der Waals surface area contributed by atoms with Crippen LogP contribution in [0.15, 0.2) is 18.2 Å². The molecule has 2 N–H and O–H groups in total. The Balaban J connectivity index is 2.89. The Labute approximate surface area is 99.0 Å². The van der Waals surface area contributed by atoms with E-state index in [1.54, 1.807) is 20.9 Å². The minimum atomic E-state index is -0.740. The van der Waals surface area contributed by atoms with Crippen molar-refractivity contribution >= 4 is 23.2 Å². The fourth-order valence-electron chi connectivity index (χ4n) is 0.985. The lowest BCUT2D eigenvalue weighted by Gasteiger charge is -2.23. The third kappa shape index (κ3) is 2.93. The summed E-state index contributed by atoms with van der Waals surface area (Å²) in [5.41, 5.74) is -0.467. The van der Waals surface area contributed by atoms with E-state index in [9.17, 15) is 9.18 Å². The predicted molar refractivity (Wildman–Crippen MR) is 63.2 cm³/mol. The van der Waals surface area contributed by atoms with E-state index in [-0.39, 0.29) is 11.6 Å². The zero-order valence-corrected chi connectivity index (χ0v) is 10.2. The molecule has 1 aromatic rings. The first-order valence-corrected chi connectivity index (χ1v) is 5.20. The highest BCUT2D eigenvalue weighted by atomic mass is 35.5. The summed E-state index contributed by atoms with van der Waals surface area (Å²) >= 11 is 5.83. The monoisotopic (exact) mass is 244 g/mol. The van der Waals surface area contributed by atoms with Crippen molar-refractivity contribution < 1.29 is 9.18 Å². The Hall–Kier alpha value is -1.13. The van der Waals surface area contributed by atoms with E-state index in [0.29, 0.717) is 5.02 Å². The molecule has 0 spiro atoms. The van der Waals surface area contributed by atoms with Crippen molar-refractivity contribution in [3.8, 4) is 0 Å². The van der Waals surface area contributed by atoms with Crippen LogP contribution in [0.4, 0.5) is 10.1 Å². The van der Waals surface area contributed by atoms with E-state index < -0.39 is 11.4 Å². The van der Waals surface area contributed by atoms with Gasteiger partial charge in [0.1, 0.15) is 5.82 Å². The van der Waals surface area contributed by atoms with Crippen LogP contribution in [0.1, 0.15) is 13.8 Å². The van der Waals surface area contributed by atoms with Gasteiger partial charge >= 0.3 is 0 Å². The van der Waals surface area contributed by atoms with Gasteiger partial charge in [-0.15, -0.1) is 0 Å². The second-order valence-corrected chi connectivity index (χ2v) is 4.36. The predicted octanol–water partition coefficient (Wildman–Crippen LogP) is 2.42. The summed E-state index contributed by atoms with van der Waals surface area (Å²) in [4.78, 5) is 11.8. The first-order chi connectivity index (χ1) is 7.36. The van der Waals surface area contributed by atoms with Crippen molar-refractivity contribution in [1.82, 2.24) is 5.32 Å². The average molecular weight is 245 g/mol. The molecule has 0 aliphatic carbocycles. The number of hydrogen-bond donors (Lipinski definition) is 2. The fourth-order valence-corrected chi connectivity index (χ4v) is 1.15. The first-order valence-electron chi connectivity index (χ1n) is 4.82. The quantitative estimate of drug-likeness (QED) is 0.857. The van der Waals surface area contributed by atoms with Gasteiger partial charge in [-0.3, -0.25) is 4.79 Å². The van der Waals surface area contributed by atoms with E-state index >= 15 is 0 Å². The summed E-state index contributed by atoms with van der Waals surface area (Å²) in [7, 11) is 1.67. The molecule has 0 fully saturated rings. The number of anilines is 1. The van der Waals surface area contributed by atoms with Crippen LogP contribution < -0.4 is 10.6 Å². The number of amides is 1. The largest absolute Gasteiger partial charge is 0.323 e. The summed E-state index contributed by atoms with van der Waals surface area (Å²) < 4.78 is 13.0. The minimum Gasteiger partial charge on any atom is -0.323 e. The Morgan fingerprint density at radius 2 is 2.06 bits per heavy atom. The van der Waals surface area contributed by atoms with Crippen LogP contribution in [0.3, 0.4) is 0 Å². The Bertz CT molecular complexity index is 407. The summed E-state index contributed by atoms with van der Waals surface area (Å²) in [5.74, 6) is -0.718. The molecule has 0 aromatic heterocycles. The number of benzene rings is 1. The zero-order valence-electron chi connectivity index (χ0n) is 9.40. The van der Waals surface area contributed by atoms with Crippen LogP contribution in [0.2, 0.25) is 5.02 Å². The van der Waals surface area contributed by atoms with Crippen molar-refractivity contribution in [3.63, 3.8) is 0 Å². The Kier molecular flexibility index (Phi) is 3.88. The number of hydrogen-bond acceptors (Lipinski definition) is 2. The van der Waals surface area contributed by atoms with Crippen LogP contribution in [-0.2, 0) is 4.79 Å². The van der Waals surface area contributed by atoms with Crippen molar-refractivity contribution in [1.29, 1.82) is 0 Å². The van der Waals surface area contributed by atoms with E-state index in [2.05, 4.69) is 10.6 Å². The fraction of sp³-hybridized carbons (Fsp3) is 0.364. The zero-order chi connectivity index (χ0) is 12.3. The molecule has 0 saturated carbocycles. The minimum absolute atomic E-state index is 0.273. The molecule has 5 heteroatoms.